The largest absolute Gasteiger partial charge is 0.381 e. The molecule has 95 valence electrons. The fourth-order valence-corrected chi connectivity index (χ4v) is 2.71. The van der Waals surface area contributed by atoms with E-state index in [1.807, 2.05) is 0 Å². The van der Waals surface area contributed by atoms with Crippen molar-refractivity contribution in [3.8, 4) is 0 Å². The van der Waals surface area contributed by atoms with E-state index < -0.39 is 0 Å². The van der Waals surface area contributed by atoms with E-state index >= 15 is 0 Å². The summed E-state index contributed by atoms with van der Waals surface area (Å²) in [7, 11) is 3.18. The summed E-state index contributed by atoms with van der Waals surface area (Å²) >= 11 is 6.26. The highest BCUT2D eigenvalue weighted by Gasteiger charge is 2.24. The van der Waals surface area contributed by atoms with Crippen molar-refractivity contribution in [2.24, 2.45) is 0 Å². The van der Waals surface area contributed by atoms with E-state index in [1.54, 1.807) is 0 Å². The molecule has 18 heavy (non-hydrogen) atoms. The van der Waals surface area contributed by atoms with Gasteiger partial charge in [0, 0.05) is 11.2 Å². The molecule has 0 amide bonds. The molecule has 0 unspecified atom stereocenters. The molecule has 0 aliphatic heterocycles. The number of hydrogen-bond donors (Lipinski definition) is 1. The van der Waals surface area contributed by atoms with Crippen molar-refractivity contribution >= 4 is 39.0 Å². The Hall–Kier alpha value is -1.07. The lowest BCUT2D eigenvalue weighted by atomic mass is 10.1. The van der Waals surface area contributed by atoms with E-state index in [0.717, 1.165) is 16.6 Å². The Morgan fingerprint density at radius 1 is 1.22 bits per heavy atom. The molecule has 2 heterocycles. The number of aryl methyl sites for hydroxylation is 1. The van der Waals surface area contributed by atoms with Crippen LogP contribution in [0.5, 0.6) is 0 Å². The number of nitrogens with one attached hydrogen (secondary N) is 1. The van der Waals surface area contributed by atoms with Crippen LogP contribution in [-0.2, 0) is 5.54 Å². The van der Waals surface area contributed by atoms with Gasteiger partial charge >= 0.3 is 0 Å². The van der Waals surface area contributed by atoms with Gasteiger partial charge in [-0.05, 0) is 40.2 Å². The van der Waals surface area contributed by atoms with Gasteiger partial charge in [-0.1, -0.05) is 11.6 Å². The second-order valence-corrected chi connectivity index (χ2v) is 5.99. The minimum Gasteiger partial charge on any atom is -0.381 e. The number of nitrogens with zero attached hydrogens (tertiary/aromatic N) is 3. The van der Waals surface area contributed by atoms with Crippen LogP contribution in [0, 0.1) is 13.8 Å². The third kappa shape index (κ3) is 1.91. The molecule has 0 fully saturated rings. The average molecular weight is 280 g/mol. The summed E-state index contributed by atoms with van der Waals surface area (Å²) in [6.45, 7) is 10.6. The van der Waals surface area contributed by atoms with E-state index in [-0.39, 0.29) is 5.54 Å². The highest BCUT2D eigenvalue weighted by Crippen LogP contribution is 2.33. The number of fused-ring (bicyclic) bond motifs is 1. The standard InChI is InChI=1S/C12H16ClN4Si/c1-6-7(2)17(12(3,4)5)10-8(6)9(13)14-11(15-10)16-18/h1-5H3,(H,14,15,16). The predicted molar refractivity (Wildman–Crippen MR) is 76.4 cm³/mol. The lowest BCUT2D eigenvalue weighted by Crippen LogP contribution is -2.23. The summed E-state index contributed by atoms with van der Waals surface area (Å²) in [6.07, 6.45) is 0. The van der Waals surface area contributed by atoms with Crippen LogP contribution in [0.4, 0.5) is 5.95 Å². The molecule has 4 nitrogen and oxygen atoms in total. The Labute approximate surface area is 115 Å². The Balaban J connectivity index is 2.94. The summed E-state index contributed by atoms with van der Waals surface area (Å²) in [5.74, 6) is 0.465. The summed E-state index contributed by atoms with van der Waals surface area (Å²) in [6, 6.07) is 0. The molecule has 0 saturated heterocycles. The van der Waals surface area contributed by atoms with Gasteiger partial charge in [0.15, 0.2) is 10.4 Å². The molecule has 0 aliphatic carbocycles. The maximum Gasteiger partial charge on any atom is 0.217 e. The van der Waals surface area contributed by atoms with Crippen molar-refractivity contribution < 1.29 is 0 Å². The number of rotatable bonds is 1. The van der Waals surface area contributed by atoms with Crippen LogP contribution in [0.1, 0.15) is 32.0 Å². The average Bonchev–Trinajstić information content (AvgIpc) is 2.50. The second kappa shape index (κ2) is 4.24. The second-order valence-electron chi connectivity index (χ2n) is 5.38. The van der Waals surface area contributed by atoms with Crippen LogP contribution in [-0.4, -0.2) is 24.9 Å². The molecule has 0 aliphatic rings. The Morgan fingerprint density at radius 3 is 2.33 bits per heavy atom. The first-order chi connectivity index (χ1) is 8.27. The summed E-state index contributed by atoms with van der Waals surface area (Å²) in [4.78, 5) is 11.5. The van der Waals surface area contributed by atoms with Gasteiger partial charge in [-0.25, -0.2) is 4.98 Å². The topological polar surface area (TPSA) is 42.7 Å². The van der Waals surface area contributed by atoms with Gasteiger partial charge in [0.1, 0.15) is 10.8 Å². The van der Waals surface area contributed by atoms with E-state index in [2.05, 4.69) is 64.5 Å². The van der Waals surface area contributed by atoms with E-state index in [4.69, 9.17) is 11.6 Å². The summed E-state index contributed by atoms with van der Waals surface area (Å²) < 4.78 is 2.19. The van der Waals surface area contributed by atoms with Crippen molar-refractivity contribution in [1.29, 1.82) is 0 Å². The third-order valence-corrected chi connectivity index (χ3v) is 3.59. The smallest absolute Gasteiger partial charge is 0.217 e. The number of aromatic nitrogens is 3. The molecular formula is C12H16ClN4Si. The van der Waals surface area contributed by atoms with Crippen LogP contribution in [0.3, 0.4) is 0 Å². The number of hydrogen-bond acceptors (Lipinski definition) is 3. The first kappa shape index (κ1) is 13.4. The van der Waals surface area contributed by atoms with E-state index in [1.165, 1.54) is 5.69 Å². The fraction of sp³-hybridized carbons (Fsp3) is 0.500. The van der Waals surface area contributed by atoms with Crippen molar-refractivity contribution in [1.82, 2.24) is 14.5 Å². The molecule has 0 atom stereocenters. The monoisotopic (exact) mass is 279 g/mol. The zero-order valence-electron chi connectivity index (χ0n) is 11.2. The fourth-order valence-electron chi connectivity index (χ4n) is 2.29. The molecule has 2 rings (SSSR count). The van der Waals surface area contributed by atoms with Crippen molar-refractivity contribution in [2.45, 2.75) is 40.2 Å². The maximum atomic E-state index is 6.26. The van der Waals surface area contributed by atoms with Gasteiger partial charge in [-0.2, -0.15) is 4.98 Å². The normalized spacial score (nSPS) is 12.2. The molecule has 0 saturated carbocycles. The van der Waals surface area contributed by atoms with Crippen LogP contribution in [0.15, 0.2) is 0 Å². The van der Waals surface area contributed by atoms with Gasteiger partial charge in [0.25, 0.3) is 0 Å². The van der Waals surface area contributed by atoms with Gasteiger partial charge in [-0.15, -0.1) is 0 Å². The summed E-state index contributed by atoms with van der Waals surface area (Å²) in [5, 5.41) is 1.40. The zero-order valence-corrected chi connectivity index (χ0v) is 13.0. The zero-order chi connectivity index (χ0) is 13.7. The highest BCUT2D eigenvalue weighted by molar-refractivity contribution is 6.34. The van der Waals surface area contributed by atoms with Gasteiger partial charge < -0.3 is 9.55 Å². The van der Waals surface area contributed by atoms with E-state index in [9.17, 15) is 0 Å². The lowest BCUT2D eigenvalue weighted by molar-refractivity contribution is 0.400. The quantitative estimate of drug-likeness (QED) is 0.645. The van der Waals surface area contributed by atoms with Crippen LogP contribution in [0.25, 0.3) is 11.0 Å². The predicted octanol–water partition coefficient (Wildman–Crippen LogP) is 2.95. The Bertz CT molecular complexity index is 613. The first-order valence-electron chi connectivity index (χ1n) is 5.75. The molecule has 0 bridgehead atoms. The molecule has 2 aromatic rings. The number of anilines is 1. The Morgan fingerprint density at radius 2 is 1.83 bits per heavy atom. The van der Waals surface area contributed by atoms with Crippen molar-refractivity contribution in [2.75, 3.05) is 4.98 Å². The minimum atomic E-state index is -0.0582. The maximum absolute atomic E-state index is 6.26. The van der Waals surface area contributed by atoms with Crippen LogP contribution >= 0.6 is 11.6 Å². The van der Waals surface area contributed by atoms with Crippen molar-refractivity contribution in [3.05, 3.63) is 16.4 Å². The van der Waals surface area contributed by atoms with Crippen LogP contribution < -0.4 is 4.98 Å². The third-order valence-electron chi connectivity index (χ3n) is 3.09. The van der Waals surface area contributed by atoms with Gasteiger partial charge in [0.05, 0.1) is 5.39 Å². The van der Waals surface area contributed by atoms with Gasteiger partial charge in [0.2, 0.25) is 5.95 Å². The molecular weight excluding hydrogens is 264 g/mol. The summed E-state index contributed by atoms with van der Waals surface area (Å²) in [5.41, 5.74) is 3.10. The lowest BCUT2D eigenvalue weighted by Gasteiger charge is -2.24. The van der Waals surface area contributed by atoms with Crippen molar-refractivity contribution in [3.63, 3.8) is 0 Å². The molecule has 3 radical (unpaired) electrons. The molecule has 1 N–H and O–H groups in total. The minimum absolute atomic E-state index is 0.0582. The number of halogens is 1. The Kier molecular flexibility index (Phi) is 3.15. The molecule has 2 aromatic heterocycles. The van der Waals surface area contributed by atoms with Crippen LogP contribution in [0.2, 0.25) is 5.15 Å². The van der Waals surface area contributed by atoms with E-state index in [0.29, 0.717) is 11.1 Å². The highest BCUT2D eigenvalue weighted by atomic mass is 35.5. The first-order valence-corrected chi connectivity index (χ1v) is 6.63. The molecule has 0 spiro atoms. The molecule has 0 aromatic carbocycles. The van der Waals surface area contributed by atoms with Gasteiger partial charge in [-0.3, -0.25) is 0 Å². The SMILES string of the molecule is Cc1c(C)n(C(C)(C)C)c2nc(N[Si])nc(Cl)c12. The molecule has 6 heteroatoms.